The largest absolute Gasteiger partial charge is 0.355 e. The second kappa shape index (κ2) is 7.79. The number of halogens is 1. The summed E-state index contributed by atoms with van der Waals surface area (Å²) < 4.78 is 18.8. The normalized spacial score (nSPS) is 11.2. The van der Waals surface area contributed by atoms with Crippen LogP contribution in [-0.4, -0.2) is 11.1 Å². The Balaban J connectivity index is 1.67. The molecule has 0 unspecified atom stereocenters. The smallest absolute Gasteiger partial charge is 0.266 e. The van der Waals surface area contributed by atoms with E-state index >= 15 is 0 Å². The Morgan fingerprint density at radius 1 is 1.07 bits per heavy atom. The standard InChI is InChI=1S/C23H14FN3O2/c24-18-7-4-8-19(13-18)26-23(28)17(14-25)11-15-9-10-21-20(12-15)22(29-27-21)16-5-2-1-3-6-16/h1-13H,(H,26,28)/b17-11+. The Hall–Kier alpha value is -4.24. The van der Waals surface area contributed by atoms with Gasteiger partial charge >= 0.3 is 0 Å². The number of aromatic nitrogens is 1. The Morgan fingerprint density at radius 3 is 2.66 bits per heavy atom. The molecule has 0 bridgehead atoms. The minimum absolute atomic E-state index is 0.105. The fourth-order valence-corrected chi connectivity index (χ4v) is 2.93. The van der Waals surface area contributed by atoms with Crippen molar-refractivity contribution in [1.82, 2.24) is 5.16 Å². The Kier molecular flexibility index (Phi) is 4.87. The number of amides is 1. The van der Waals surface area contributed by atoms with Crippen LogP contribution in [0.15, 0.2) is 82.9 Å². The van der Waals surface area contributed by atoms with Gasteiger partial charge in [-0.15, -0.1) is 0 Å². The third-order valence-corrected chi connectivity index (χ3v) is 4.30. The number of hydrogen-bond acceptors (Lipinski definition) is 4. The van der Waals surface area contributed by atoms with E-state index in [4.69, 9.17) is 4.52 Å². The molecule has 1 N–H and O–H groups in total. The third kappa shape index (κ3) is 3.89. The molecule has 0 aliphatic heterocycles. The Bertz CT molecular complexity index is 1270. The van der Waals surface area contributed by atoms with E-state index in [1.807, 2.05) is 36.4 Å². The molecule has 4 rings (SSSR count). The van der Waals surface area contributed by atoms with Gasteiger partial charge in [-0.1, -0.05) is 47.6 Å². The van der Waals surface area contributed by atoms with Crippen molar-refractivity contribution in [1.29, 1.82) is 5.26 Å². The van der Waals surface area contributed by atoms with Crippen molar-refractivity contribution in [3.63, 3.8) is 0 Å². The minimum Gasteiger partial charge on any atom is -0.355 e. The molecule has 0 saturated carbocycles. The molecule has 0 radical (unpaired) electrons. The number of rotatable bonds is 4. The number of nitriles is 1. The number of nitrogens with zero attached hydrogens (tertiary/aromatic N) is 2. The predicted molar refractivity (Wildman–Crippen MR) is 108 cm³/mol. The molecule has 0 fully saturated rings. The van der Waals surface area contributed by atoms with Gasteiger partial charge in [0.1, 0.15) is 23.0 Å². The van der Waals surface area contributed by atoms with Gasteiger partial charge in [0.05, 0.1) is 5.39 Å². The van der Waals surface area contributed by atoms with E-state index in [1.165, 1.54) is 24.3 Å². The van der Waals surface area contributed by atoms with Crippen LogP contribution in [0.5, 0.6) is 0 Å². The first-order valence-electron chi connectivity index (χ1n) is 8.77. The zero-order chi connectivity index (χ0) is 20.2. The van der Waals surface area contributed by atoms with Gasteiger partial charge in [0.2, 0.25) is 0 Å². The lowest BCUT2D eigenvalue weighted by Crippen LogP contribution is -2.13. The topological polar surface area (TPSA) is 78.9 Å². The second-order valence-corrected chi connectivity index (χ2v) is 6.29. The van der Waals surface area contributed by atoms with Crippen molar-refractivity contribution < 1.29 is 13.7 Å². The summed E-state index contributed by atoms with van der Waals surface area (Å²) in [5.41, 5.74) is 2.36. The van der Waals surface area contributed by atoms with E-state index in [0.717, 1.165) is 10.9 Å². The van der Waals surface area contributed by atoms with Gasteiger partial charge in [0.15, 0.2) is 5.76 Å². The van der Waals surface area contributed by atoms with Crippen molar-refractivity contribution >= 4 is 28.6 Å². The van der Waals surface area contributed by atoms with Gasteiger partial charge < -0.3 is 9.84 Å². The highest BCUT2D eigenvalue weighted by atomic mass is 19.1. The molecular formula is C23H14FN3O2. The van der Waals surface area contributed by atoms with Crippen LogP contribution < -0.4 is 5.32 Å². The van der Waals surface area contributed by atoms with E-state index in [2.05, 4.69) is 10.5 Å². The molecule has 1 aromatic heterocycles. The van der Waals surface area contributed by atoms with Crippen molar-refractivity contribution in [2.45, 2.75) is 0 Å². The minimum atomic E-state index is -0.619. The first-order chi connectivity index (χ1) is 14.1. The van der Waals surface area contributed by atoms with Crippen molar-refractivity contribution in [2.24, 2.45) is 0 Å². The van der Waals surface area contributed by atoms with Gasteiger partial charge in [0.25, 0.3) is 5.91 Å². The average Bonchev–Trinajstić information content (AvgIpc) is 3.16. The lowest BCUT2D eigenvalue weighted by Gasteiger charge is -2.04. The number of hydrogen-bond donors (Lipinski definition) is 1. The van der Waals surface area contributed by atoms with Gasteiger partial charge in [-0.2, -0.15) is 5.26 Å². The molecule has 4 aromatic rings. The summed E-state index contributed by atoms with van der Waals surface area (Å²) in [6, 6.07) is 22.2. The van der Waals surface area contributed by atoms with Crippen LogP contribution in [0.4, 0.5) is 10.1 Å². The van der Waals surface area contributed by atoms with Crippen LogP contribution in [0.25, 0.3) is 28.3 Å². The quantitative estimate of drug-likeness (QED) is 0.389. The number of anilines is 1. The fourth-order valence-electron chi connectivity index (χ4n) is 2.93. The molecule has 1 heterocycles. The molecule has 5 nitrogen and oxygen atoms in total. The highest BCUT2D eigenvalue weighted by Crippen LogP contribution is 2.29. The number of fused-ring (bicyclic) bond motifs is 1. The highest BCUT2D eigenvalue weighted by molar-refractivity contribution is 6.10. The van der Waals surface area contributed by atoms with Crippen LogP contribution in [0.2, 0.25) is 0 Å². The molecule has 0 aliphatic carbocycles. The van der Waals surface area contributed by atoms with Crippen molar-refractivity contribution in [3.8, 4) is 17.4 Å². The first-order valence-corrected chi connectivity index (χ1v) is 8.77. The maximum atomic E-state index is 13.3. The number of benzene rings is 3. The highest BCUT2D eigenvalue weighted by Gasteiger charge is 2.13. The molecule has 0 atom stereocenters. The van der Waals surface area contributed by atoms with Gasteiger partial charge in [-0.3, -0.25) is 4.79 Å². The number of carbonyl (C=O) groups is 1. The maximum absolute atomic E-state index is 13.3. The molecular weight excluding hydrogens is 369 g/mol. The molecule has 140 valence electrons. The van der Waals surface area contributed by atoms with Crippen LogP contribution in [0, 0.1) is 17.1 Å². The van der Waals surface area contributed by atoms with Crippen molar-refractivity contribution in [3.05, 3.63) is 89.8 Å². The zero-order valence-electron chi connectivity index (χ0n) is 15.1. The Morgan fingerprint density at radius 2 is 1.90 bits per heavy atom. The monoisotopic (exact) mass is 383 g/mol. The summed E-state index contributed by atoms with van der Waals surface area (Å²) in [4.78, 5) is 12.4. The fraction of sp³-hybridized carbons (Fsp3) is 0. The maximum Gasteiger partial charge on any atom is 0.266 e. The van der Waals surface area contributed by atoms with Crippen LogP contribution in [-0.2, 0) is 4.79 Å². The summed E-state index contributed by atoms with van der Waals surface area (Å²) in [7, 11) is 0. The lowest BCUT2D eigenvalue weighted by atomic mass is 10.0. The van der Waals surface area contributed by atoms with Gasteiger partial charge in [0, 0.05) is 11.3 Å². The van der Waals surface area contributed by atoms with Crippen LogP contribution in [0.1, 0.15) is 5.56 Å². The predicted octanol–water partition coefficient (Wildman–Crippen LogP) is 5.18. The SMILES string of the molecule is N#C/C(=C\c1ccc2noc(-c3ccccc3)c2c1)C(=O)Nc1cccc(F)c1. The van der Waals surface area contributed by atoms with Crippen LogP contribution in [0.3, 0.4) is 0 Å². The zero-order valence-corrected chi connectivity index (χ0v) is 15.1. The molecule has 6 heteroatoms. The van der Waals surface area contributed by atoms with E-state index < -0.39 is 11.7 Å². The number of nitrogens with one attached hydrogen (secondary N) is 1. The molecule has 0 spiro atoms. The molecule has 29 heavy (non-hydrogen) atoms. The summed E-state index contributed by atoms with van der Waals surface area (Å²) >= 11 is 0. The summed E-state index contributed by atoms with van der Waals surface area (Å²) in [5.74, 6) is -0.484. The Labute approximate surface area is 165 Å². The molecule has 1 amide bonds. The van der Waals surface area contributed by atoms with E-state index in [9.17, 15) is 14.4 Å². The van der Waals surface area contributed by atoms with Gasteiger partial charge in [-0.05, 0) is 42.0 Å². The van der Waals surface area contributed by atoms with E-state index in [1.54, 1.807) is 24.3 Å². The summed E-state index contributed by atoms with van der Waals surface area (Å²) in [6.45, 7) is 0. The lowest BCUT2D eigenvalue weighted by molar-refractivity contribution is -0.112. The molecule has 3 aromatic carbocycles. The number of carbonyl (C=O) groups excluding carboxylic acids is 1. The van der Waals surface area contributed by atoms with E-state index in [0.29, 0.717) is 16.8 Å². The van der Waals surface area contributed by atoms with Gasteiger partial charge in [-0.25, -0.2) is 4.39 Å². The first kappa shape index (κ1) is 18.1. The average molecular weight is 383 g/mol. The molecule has 0 aliphatic rings. The summed E-state index contributed by atoms with van der Waals surface area (Å²) in [6.07, 6.45) is 1.47. The molecule has 0 saturated heterocycles. The summed E-state index contributed by atoms with van der Waals surface area (Å²) in [5, 5.41) is 16.8. The van der Waals surface area contributed by atoms with Crippen molar-refractivity contribution in [2.75, 3.05) is 5.32 Å². The van der Waals surface area contributed by atoms with E-state index in [-0.39, 0.29) is 11.3 Å². The van der Waals surface area contributed by atoms with Crippen LogP contribution >= 0.6 is 0 Å². The third-order valence-electron chi connectivity index (χ3n) is 4.30. The second-order valence-electron chi connectivity index (χ2n) is 6.29.